The molecule has 2 heterocycles. The molecule has 0 unspecified atom stereocenters. The van der Waals surface area contributed by atoms with E-state index < -0.39 is 8.07 Å². The van der Waals surface area contributed by atoms with E-state index in [2.05, 4.69) is 76.2 Å². The van der Waals surface area contributed by atoms with Gasteiger partial charge in [-0.25, -0.2) is 0 Å². The van der Waals surface area contributed by atoms with Gasteiger partial charge in [0.05, 0.1) is 7.11 Å². The first kappa shape index (κ1) is 23.3. The predicted octanol–water partition coefficient (Wildman–Crippen LogP) is 7.73. The molecule has 2 nitrogen and oxygen atoms in total. The fourth-order valence-corrected chi connectivity index (χ4v) is 12.8. The Morgan fingerprint density at radius 2 is 1.62 bits per heavy atom. The Hall–Kier alpha value is -1.82. The molecule has 5 heteroatoms. The van der Waals surface area contributed by atoms with E-state index in [4.69, 9.17) is 9.47 Å². The lowest BCUT2D eigenvalue weighted by atomic mass is 9.86. The van der Waals surface area contributed by atoms with E-state index in [-0.39, 0.29) is 5.41 Å². The lowest BCUT2D eigenvalue weighted by Gasteiger charge is -2.39. The van der Waals surface area contributed by atoms with E-state index in [0.29, 0.717) is 12.1 Å². The van der Waals surface area contributed by atoms with Crippen molar-refractivity contribution in [3.8, 4) is 21.3 Å². The van der Waals surface area contributed by atoms with Crippen LogP contribution in [0, 0.1) is 0 Å². The Kier molecular flexibility index (Phi) is 6.45. The minimum atomic E-state index is -2.09. The number of hydrogen-bond acceptors (Lipinski definition) is 4. The van der Waals surface area contributed by atoms with E-state index in [1.807, 2.05) is 28.7 Å². The van der Waals surface area contributed by atoms with Gasteiger partial charge < -0.3 is 9.47 Å². The molecule has 0 fully saturated rings. The van der Waals surface area contributed by atoms with Crippen molar-refractivity contribution in [2.45, 2.75) is 57.7 Å². The van der Waals surface area contributed by atoms with Gasteiger partial charge in [0.1, 0.15) is 26.2 Å². The molecule has 0 spiro atoms. The maximum absolute atomic E-state index is 6.52. The largest absolute Gasteiger partial charge is 0.497 e. The van der Waals surface area contributed by atoms with E-state index >= 15 is 0 Å². The second-order valence-corrected chi connectivity index (χ2v) is 16.3. The van der Waals surface area contributed by atoms with Crippen LogP contribution in [0.25, 0.3) is 9.75 Å². The van der Waals surface area contributed by atoms with Gasteiger partial charge in [-0.3, -0.25) is 0 Å². The van der Waals surface area contributed by atoms with Crippen LogP contribution >= 0.6 is 22.7 Å². The molecule has 0 radical (unpaired) electrons. The SMILES string of the molecule is C=CCOc1c(C(C)(C)C)cc(OC)cc1[Si](CC)(CC)C1c2ccsc2-c2sccc21. The van der Waals surface area contributed by atoms with Gasteiger partial charge in [-0.05, 0) is 56.8 Å². The molecule has 170 valence electrons. The highest BCUT2D eigenvalue weighted by atomic mass is 32.1. The summed E-state index contributed by atoms with van der Waals surface area (Å²) >= 11 is 3.78. The zero-order chi connectivity index (χ0) is 23.1. The summed E-state index contributed by atoms with van der Waals surface area (Å²) in [5.41, 5.74) is 4.68. The number of hydrogen-bond donors (Lipinski definition) is 0. The molecule has 0 bridgehead atoms. The minimum absolute atomic E-state index is 0.0574. The van der Waals surface area contributed by atoms with Crippen molar-refractivity contribution in [3.05, 3.63) is 64.4 Å². The highest BCUT2D eigenvalue weighted by molar-refractivity contribution is 7.21. The van der Waals surface area contributed by atoms with Crippen LogP contribution in [0.5, 0.6) is 11.5 Å². The molecule has 0 saturated carbocycles. The highest BCUT2D eigenvalue weighted by Crippen LogP contribution is 2.55. The molecule has 4 rings (SSSR count). The number of ether oxygens (including phenoxy) is 2. The maximum Gasteiger partial charge on any atom is 0.123 e. The van der Waals surface area contributed by atoms with Gasteiger partial charge in [-0.15, -0.1) is 22.7 Å². The molecule has 0 aliphatic heterocycles. The zero-order valence-electron chi connectivity index (χ0n) is 20.1. The second kappa shape index (κ2) is 8.84. The summed E-state index contributed by atoms with van der Waals surface area (Å²) in [5.74, 6) is 2.00. The van der Waals surface area contributed by atoms with Crippen molar-refractivity contribution in [3.63, 3.8) is 0 Å². The Morgan fingerprint density at radius 1 is 1.03 bits per heavy atom. The van der Waals surface area contributed by atoms with Crippen molar-refractivity contribution >= 4 is 35.9 Å². The summed E-state index contributed by atoms with van der Waals surface area (Å²) in [6, 6.07) is 11.5. The molecule has 3 aromatic rings. The summed E-state index contributed by atoms with van der Waals surface area (Å²) < 4.78 is 12.4. The molecule has 0 N–H and O–H groups in total. The van der Waals surface area contributed by atoms with Crippen LogP contribution in [0.15, 0.2) is 47.7 Å². The third kappa shape index (κ3) is 3.59. The van der Waals surface area contributed by atoms with E-state index in [9.17, 15) is 0 Å². The van der Waals surface area contributed by atoms with Crippen molar-refractivity contribution in [2.24, 2.45) is 0 Å². The minimum Gasteiger partial charge on any atom is -0.497 e. The van der Waals surface area contributed by atoms with Gasteiger partial charge in [0.2, 0.25) is 0 Å². The first-order chi connectivity index (χ1) is 15.3. The van der Waals surface area contributed by atoms with Crippen LogP contribution in [0.4, 0.5) is 0 Å². The maximum atomic E-state index is 6.52. The second-order valence-electron chi connectivity index (χ2n) is 9.61. The van der Waals surface area contributed by atoms with Crippen molar-refractivity contribution < 1.29 is 9.47 Å². The molecular formula is C27H34O2S2Si. The van der Waals surface area contributed by atoms with Crippen LogP contribution in [-0.2, 0) is 5.41 Å². The number of benzene rings is 1. The zero-order valence-corrected chi connectivity index (χ0v) is 22.7. The number of methoxy groups -OCH3 is 1. The highest BCUT2D eigenvalue weighted by Gasteiger charge is 2.49. The predicted molar refractivity (Wildman–Crippen MR) is 143 cm³/mol. The Morgan fingerprint density at radius 3 is 2.09 bits per heavy atom. The third-order valence-corrected chi connectivity index (χ3v) is 14.7. The Balaban J connectivity index is 2.04. The molecule has 1 aliphatic rings. The lowest BCUT2D eigenvalue weighted by Crippen LogP contribution is -2.53. The van der Waals surface area contributed by atoms with Gasteiger partial charge >= 0.3 is 0 Å². The van der Waals surface area contributed by atoms with Gasteiger partial charge in [0.15, 0.2) is 0 Å². The van der Waals surface area contributed by atoms with Gasteiger partial charge in [0, 0.05) is 20.9 Å². The van der Waals surface area contributed by atoms with Crippen molar-refractivity contribution in [2.75, 3.05) is 13.7 Å². The Bertz CT molecular complexity index is 1070. The van der Waals surface area contributed by atoms with Crippen molar-refractivity contribution in [1.29, 1.82) is 0 Å². The van der Waals surface area contributed by atoms with E-state index in [1.54, 1.807) is 7.11 Å². The summed E-state index contributed by atoms with van der Waals surface area (Å²) in [4.78, 5) is 2.96. The van der Waals surface area contributed by atoms with Gasteiger partial charge in [-0.1, -0.05) is 59.4 Å². The number of fused-ring (bicyclic) bond motifs is 3. The lowest BCUT2D eigenvalue weighted by molar-refractivity contribution is 0.351. The normalized spacial score (nSPS) is 13.7. The molecule has 0 saturated heterocycles. The smallest absolute Gasteiger partial charge is 0.123 e. The standard InChI is InChI=1S/C27H34O2S2Si/c1-8-13-29-23-21(27(4,5)6)16-18(28-7)17-22(23)32(9-2,10-3)26-19-11-14-30-24(19)25-20(26)12-15-31-25/h8,11-12,14-17,26H,1,9-10,13H2,2-7H3. The van der Waals surface area contributed by atoms with Crippen LogP contribution in [0.3, 0.4) is 0 Å². The molecule has 1 aromatic carbocycles. The van der Waals surface area contributed by atoms with Gasteiger partial charge in [0.25, 0.3) is 0 Å². The number of rotatable bonds is 8. The molecule has 32 heavy (non-hydrogen) atoms. The first-order valence-corrected chi connectivity index (χ1v) is 15.7. The average Bonchev–Trinajstić information content (AvgIpc) is 3.48. The number of thiophene rings is 2. The quantitative estimate of drug-likeness (QED) is 0.242. The Labute approximate surface area is 201 Å². The fraction of sp³-hybridized carbons (Fsp3) is 0.407. The van der Waals surface area contributed by atoms with E-state index in [1.165, 1.54) is 31.6 Å². The first-order valence-electron chi connectivity index (χ1n) is 11.4. The molecule has 0 amide bonds. The molecule has 1 aliphatic carbocycles. The molecule has 2 aromatic heterocycles. The molecule has 0 atom stereocenters. The molecular weight excluding hydrogens is 449 g/mol. The summed E-state index contributed by atoms with van der Waals surface area (Å²) in [5, 5.41) is 5.94. The van der Waals surface area contributed by atoms with Crippen LogP contribution in [-0.4, -0.2) is 21.8 Å². The van der Waals surface area contributed by atoms with Crippen LogP contribution < -0.4 is 14.7 Å². The van der Waals surface area contributed by atoms with Crippen molar-refractivity contribution in [1.82, 2.24) is 0 Å². The summed E-state index contributed by atoms with van der Waals surface area (Å²) in [7, 11) is -0.317. The van der Waals surface area contributed by atoms with Crippen LogP contribution in [0.2, 0.25) is 12.1 Å². The van der Waals surface area contributed by atoms with E-state index in [0.717, 1.165) is 23.6 Å². The topological polar surface area (TPSA) is 18.5 Å². The van der Waals surface area contributed by atoms with Crippen LogP contribution in [0.1, 0.15) is 56.9 Å². The summed E-state index contributed by atoms with van der Waals surface area (Å²) in [6.07, 6.45) is 1.85. The summed E-state index contributed by atoms with van der Waals surface area (Å²) in [6.45, 7) is 16.0. The monoisotopic (exact) mass is 482 g/mol. The average molecular weight is 483 g/mol. The fourth-order valence-electron chi connectivity index (χ4n) is 5.36. The third-order valence-electron chi connectivity index (χ3n) is 7.02. The van der Waals surface area contributed by atoms with Gasteiger partial charge in [-0.2, -0.15) is 0 Å².